The lowest BCUT2D eigenvalue weighted by Crippen LogP contribution is -2.26. The molecular weight excluding hydrogens is 272 g/mol. The van der Waals surface area contributed by atoms with Gasteiger partial charge in [-0.2, -0.15) is 0 Å². The number of aryl methyl sites for hydroxylation is 1. The number of anilines is 1. The predicted molar refractivity (Wildman–Crippen MR) is 82.8 cm³/mol. The first-order valence-electron chi connectivity index (χ1n) is 6.33. The van der Waals surface area contributed by atoms with E-state index < -0.39 is 0 Å². The molecule has 2 aromatic carbocycles. The Bertz CT molecular complexity index is 623. The van der Waals surface area contributed by atoms with Crippen molar-refractivity contribution in [3.63, 3.8) is 0 Å². The number of hydrogen-bond donors (Lipinski definition) is 1. The van der Waals surface area contributed by atoms with Crippen molar-refractivity contribution in [2.75, 3.05) is 12.8 Å². The Morgan fingerprint density at radius 1 is 1.20 bits per heavy atom. The van der Waals surface area contributed by atoms with E-state index in [0.717, 1.165) is 5.56 Å². The van der Waals surface area contributed by atoms with Crippen LogP contribution in [0.15, 0.2) is 42.5 Å². The number of amides is 1. The topological polar surface area (TPSA) is 46.3 Å². The van der Waals surface area contributed by atoms with E-state index in [0.29, 0.717) is 22.8 Å². The second-order valence-electron chi connectivity index (χ2n) is 4.89. The van der Waals surface area contributed by atoms with E-state index in [4.69, 9.17) is 17.3 Å². The number of rotatable bonds is 3. The Morgan fingerprint density at radius 2 is 1.85 bits per heavy atom. The third-order valence-electron chi connectivity index (χ3n) is 3.11. The summed E-state index contributed by atoms with van der Waals surface area (Å²) in [5.41, 5.74) is 8.94. The Morgan fingerprint density at radius 3 is 2.50 bits per heavy atom. The molecule has 4 heteroatoms. The molecule has 2 aromatic rings. The van der Waals surface area contributed by atoms with Crippen molar-refractivity contribution in [1.82, 2.24) is 4.90 Å². The molecule has 0 heterocycles. The van der Waals surface area contributed by atoms with Crippen LogP contribution >= 0.6 is 11.6 Å². The zero-order chi connectivity index (χ0) is 14.7. The van der Waals surface area contributed by atoms with Gasteiger partial charge in [0.2, 0.25) is 0 Å². The molecule has 3 nitrogen and oxygen atoms in total. The number of carbonyl (C=O) groups excluding carboxylic acids is 1. The van der Waals surface area contributed by atoms with Crippen LogP contribution in [0, 0.1) is 6.92 Å². The molecule has 0 radical (unpaired) electrons. The van der Waals surface area contributed by atoms with Gasteiger partial charge in [0, 0.05) is 19.3 Å². The summed E-state index contributed by atoms with van der Waals surface area (Å²) in [7, 11) is 1.75. The number of nitrogen functional groups attached to an aromatic ring is 1. The summed E-state index contributed by atoms with van der Waals surface area (Å²) >= 11 is 6.06. The van der Waals surface area contributed by atoms with Crippen molar-refractivity contribution in [2.24, 2.45) is 0 Å². The minimum atomic E-state index is -0.136. The van der Waals surface area contributed by atoms with Crippen molar-refractivity contribution >= 4 is 23.2 Å². The van der Waals surface area contributed by atoms with Gasteiger partial charge in [-0.05, 0) is 30.7 Å². The molecule has 0 aromatic heterocycles. The molecule has 0 saturated carbocycles. The zero-order valence-electron chi connectivity index (χ0n) is 11.6. The molecule has 0 atom stereocenters. The molecule has 0 unspecified atom stereocenters. The van der Waals surface area contributed by atoms with E-state index in [9.17, 15) is 4.79 Å². The summed E-state index contributed by atoms with van der Waals surface area (Å²) in [5.74, 6) is -0.136. The second kappa shape index (κ2) is 5.97. The molecule has 0 bridgehead atoms. The molecule has 0 fully saturated rings. The molecule has 104 valence electrons. The Kier molecular flexibility index (Phi) is 4.30. The lowest BCUT2D eigenvalue weighted by atomic mass is 10.1. The monoisotopic (exact) mass is 288 g/mol. The lowest BCUT2D eigenvalue weighted by Gasteiger charge is -2.18. The van der Waals surface area contributed by atoms with Gasteiger partial charge in [-0.25, -0.2) is 0 Å². The van der Waals surface area contributed by atoms with Gasteiger partial charge in [-0.15, -0.1) is 0 Å². The van der Waals surface area contributed by atoms with Crippen LogP contribution in [0.25, 0.3) is 0 Å². The molecule has 1 amide bonds. The third-order valence-corrected chi connectivity index (χ3v) is 3.44. The minimum absolute atomic E-state index is 0.136. The molecule has 2 rings (SSSR count). The van der Waals surface area contributed by atoms with Crippen LogP contribution in [0.1, 0.15) is 21.5 Å². The van der Waals surface area contributed by atoms with Gasteiger partial charge >= 0.3 is 0 Å². The summed E-state index contributed by atoms with van der Waals surface area (Å²) < 4.78 is 0. The van der Waals surface area contributed by atoms with Crippen LogP contribution < -0.4 is 5.73 Å². The normalized spacial score (nSPS) is 10.3. The highest BCUT2D eigenvalue weighted by Gasteiger charge is 2.15. The van der Waals surface area contributed by atoms with Gasteiger partial charge in [0.25, 0.3) is 5.91 Å². The van der Waals surface area contributed by atoms with Gasteiger partial charge in [-0.3, -0.25) is 4.79 Å². The molecule has 0 aliphatic heterocycles. The average Bonchev–Trinajstić information content (AvgIpc) is 2.43. The zero-order valence-corrected chi connectivity index (χ0v) is 12.3. The summed E-state index contributed by atoms with van der Waals surface area (Å²) in [4.78, 5) is 14.0. The van der Waals surface area contributed by atoms with Gasteiger partial charge in [0.15, 0.2) is 0 Å². The van der Waals surface area contributed by atoms with E-state index in [1.807, 2.05) is 31.2 Å². The van der Waals surface area contributed by atoms with E-state index in [2.05, 4.69) is 0 Å². The van der Waals surface area contributed by atoms with Crippen molar-refractivity contribution in [2.45, 2.75) is 13.5 Å². The number of benzene rings is 2. The van der Waals surface area contributed by atoms with Crippen LogP contribution in [0.4, 0.5) is 5.69 Å². The predicted octanol–water partition coefficient (Wildman–Crippen LogP) is 3.50. The Hall–Kier alpha value is -2.00. The van der Waals surface area contributed by atoms with Gasteiger partial charge in [-0.1, -0.05) is 41.4 Å². The first-order valence-corrected chi connectivity index (χ1v) is 6.71. The van der Waals surface area contributed by atoms with Crippen LogP contribution in [0.2, 0.25) is 5.02 Å². The van der Waals surface area contributed by atoms with Crippen LogP contribution in [-0.4, -0.2) is 17.9 Å². The Labute approximate surface area is 124 Å². The molecule has 0 spiro atoms. The van der Waals surface area contributed by atoms with Crippen LogP contribution in [0.5, 0.6) is 0 Å². The summed E-state index contributed by atoms with van der Waals surface area (Å²) in [6.45, 7) is 2.56. The number of hydrogen-bond acceptors (Lipinski definition) is 2. The van der Waals surface area contributed by atoms with Crippen molar-refractivity contribution in [1.29, 1.82) is 0 Å². The maximum atomic E-state index is 12.4. The molecule has 0 aliphatic rings. The van der Waals surface area contributed by atoms with E-state index in [-0.39, 0.29) is 5.91 Å². The molecular formula is C16H17ClN2O. The van der Waals surface area contributed by atoms with Crippen molar-refractivity contribution in [3.05, 3.63) is 64.2 Å². The van der Waals surface area contributed by atoms with E-state index in [1.54, 1.807) is 30.1 Å². The third kappa shape index (κ3) is 3.31. The first-order chi connectivity index (χ1) is 9.47. The smallest absolute Gasteiger partial charge is 0.255 e. The Balaban J connectivity index is 2.16. The van der Waals surface area contributed by atoms with Crippen molar-refractivity contribution in [3.8, 4) is 0 Å². The highest BCUT2D eigenvalue weighted by molar-refractivity contribution is 6.33. The van der Waals surface area contributed by atoms with Gasteiger partial charge in [0.1, 0.15) is 0 Å². The van der Waals surface area contributed by atoms with E-state index >= 15 is 0 Å². The number of carbonyl (C=O) groups is 1. The highest BCUT2D eigenvalue weighted by atomic mass is 35.5. The number of nitrogens with two attached hydrogens (primary N) is 1. The molecule has 20 heavy (non-hydrogen) atoms. The SMILES string of the molecule is Cc1ccc(CN(C)C(=O)c2cc(N)ccc2Cl)cc1. The average molecular weight is 289 g/mol. The largest absolute Gasteiger partial charge is 0.399 e. The molecule has 2 N–H and O–H groups in total. The second-order valence-corrected chi connectivity index (χ2v) is 5.29. The fourth-order valence-electron chi connectivity index (χ4n) is 1.95. The number of nitrogens with zero attached hydrogens (tertiary/aromatic N) is 1. The highest BCUT2D eigenvalue weighted by Crippen LogP contribution is 2.21. The standard InChI is InChI=1S/C16H17ClN2O/c1-11-3-5-12(6-4-11)10-19(2)16(20)14-9-13(18)7-8-15(14)17/h3-9H,10,18H2,1-2H3. The van der Waals surface area contributed by atoms with Crippen molar-refractivity contribution < 1.29 is 4.79 Å². The van der Waals surface area contributed by atoms with Crippen LogP contribution in [-0.2, 0) is 6.54 Å². The first kappa shape index (κ1) is 14.4. The lowest BCUT2D eigenvalue weighted by molar-refractivity contribution is 0.0785. The summed E-state index contributed by atoms with van der Waals surface area (Å²) in [6.07, 6.45) is 0. The maximum absolute atomic E-state index is 12.4. The fourth-order valence-corrected chi connectivity index (χ4v) is 2.15. The summed E-state index contributed by atoms with van der Waals surface area (Å²) in [5, 5.41) is 0.417. The van der Waals surface area contributed by atoms with Crippen LogP contribution in [0.3, 0.4) is 0 Å². The maximum Gasteiger partial charge on any atom is 0.255 e. The molecule has 0 saturated heterocycles. The number of halogens is 1. The molecule has 0 aliphatic carbocycles. The quantitative estimate of drug-likeness (QED) is 0.879. The van der Waals surface area contributed by atoms with Gasteiger partial charge in [0.05, 0.1) is 10.6 Å². The van der Waals surface area contributed by atoms with E-state index in [1.165, 1.54) is 5.56 Å². The minimum Gasteiger partial charge on any atom is -0.399 e. The fraction of sp³-hybridized carbons (Fsp3) is 0.188. The van der Waals surface area contributed by atoms with Gasteiger partial charge < -0.3 is 10.6 Å². The summed E-state index contributed by atoms with van der Waals surface area (Å²) in [6, 6.07) is 13.0.